The van der Waals surface area contributed by atoms with Crippen molar-refractivity contribution in [2.45, 2.75) is 31.6 Å². The third-order valence-corrected chi connectivity index (χ3v) is 5.06. The summed E-state index contributed by atoms with van der Waals surface area (Å²) in [5.74, 6) is 0.534. The summed E-state index contributed by atoms with van der Waals surface area (Å²) in [6.07, 6.45) is 3.88. The summed E-state index contributed by atoms with van der Waals surface area (Å²) in [5.41, 5.74) is 0.895. The van der Waals surface area contributed by atoms with Crippen molar-refractivity contribution in [3.63, 3.8) is 0 Å². The van der Waals surface area contributed by atoms with E-state index in [-0.39, 0.29) is 23.8 Å². The maximum atomic E-state index is 12.7. The molecule has 1 atom stereocenters. The number of rotatable bonds is 6. The Morgan fingerprint density at radius 2 is 1.95 bits per heavy atom. The van der Waals surface area contributed by atoms with Crippen molar-refractivity contribution >= 4 is 5.91 Å². The van der Waals surface area contributed by atoms with Crippen molar-refractivity contribution in [2.75, 3.05) is 26.4 Å². The van der Waals surface area contributed by atoms with Gasteiger partial charge in [-0.25, -0.2) is 0 Å². The Morgan fingerprint density at radius 1 is 1.27 bits per heavy atom. The molecular weight excluding hydrogens is 278 g/mol. The van der Waals surface area contributed by atoms with Gasteiger partial charge in [-0.2, -0.15) is 0 Å². The second kappa shape index (κ2) is 6.80. The molecule has 1 amide bonds. The van der Waals surface area contributed by atoms with Crippen molar-refractivity contribution < 1.29 is 14.6 Å². The molecule has 0 aromatic heterocycles. The van der Waals surface area contributed by atoms with Gasteiger partial charge in [-0.1, -0.05) is 30.3 Å². The van der Waals surface area contributed by atoms with Crippen LogP contribution < -0.4 is 5.32 Å². The SMILES string of the molecule is O=C(NCC1(CO)CCOCC1)C(c1ccccc1)C1CC1. The summed E-state index contributed by atoms with van der Waals surface area (Å²) in [7, 11) is 0. The molecule has 0 spiro atoms. The molecule has 4 nitrogen and oxygen atoms in total. The minimum absolute atomic E-state index is 0.0446. The van der Waals surface area contributed by atoms with E-state index in [4.69, 9.17) is 4.74 Å². The van der Waals surface area contributed by atoms with Crippen LogP contribution in [0.25, 0.3) is 0 Å². The molecule has 1 aliphatic heterocycles. The van der Waals surface area contributed by atoms with Gasteiger partial charge < -0.3 is 15.2 Å². The van der Waals surface area contributed by atoms with Gasteiger partial charge in [-0.3, -0.25) is 4.79 Å². The average molecular weight is 303 g/mol. The van der Waals surface area contributed by atoms with Crippen molar-refractivity contribution in [1.29, 1.82) is 0 Å². The normalized spacial score (nSPS) is 22.0. The quantitative estimate of drug-likeness (QED) is 0.846. The summed E-state index contributed by atoms with van der Waals surface area (Å²) in [6.45, 7) is 1.99. The fraction of sp³-hybridized carbons (Fsp3) is 0.611. The van der Waals surface area contributed by atoms with Crippen molar-refractivity contribution in [1.82, 2.24) is 5.32 Å². The first-order valence-corrected chi connectivity index (χ1v) is 8.25. The van der Waals surface area contributed by atoms with Crippen LogP contribution in [0.15, 0.2) is 30.3 Å². The van der Waals surface area contributed by atoms with Crippen LogP contribution in [0.5, 0.6) is 0 Å². The number of benzene rings is 1. The van der Waals surface area contributed by atoms with Crippen LogP contribution >= 0.6 is 0 Å². The first-order valence-electron chi connectivity index (χ1n) is 8.25. The largest absolute Gasteiger partial charge is 0.396 e. The summed E-state index contributed by atoms with van der Waals surface area (Å²) >= 11 is 0. The zero-order chi connectivity index (χ0) is 15.4. The summed E-state index contributed by atoms with van der Waals surface area (Å²) in [5, 5.41) is 12.8. The highest BCUT2D eigenvalue weighted by molar-refractivity contribution is 5.84. The van der Waals surface area contributed by atoms with E-state index in [0.29, 0.717) is 25.7 Å². The van der Waals surface area contributed by atoms with Gasteiger partial charge in [0.2, 0.25) is 5.91 Å². The highest BCUT2D eigenvalue weighted by Gasteiger charge is 2.39. The third kappa shape index (κ3) is 3.50. The van der Waals surface area contributed by atoms with Gasteiger partial charge in [0.1, 0.15) is 0 Å². The van der Waals surface area contributed by atoms with E-state index >= 15 is 0 Å². The Hall–Kier alpha value is -1.39. The molecule has 22 heavy (non-hydrogen) atoms. The molecule has 2 N–H and O–H groups in total. The van der Waals surface area contributed by atoms with Gasteiger partial charge in [0.25, 0.3) is 0 Å². The number of amides is 1. The molecule has 2 aliphatic rings. The summed E-state index contributed by atoms with van der Waals surface area (Å²) in [4.78, 5) is 12.7. The number of ether oxygens (including phenoxy) is 1. The van der Waals surface area contributed by atoms with E-state index in [1.54, 1.807) is 0 Å². The van der Waals surface area contributed by atoms with Gasteiger partial charge >= 0.3 is 0 Å². The lowest BCUT2D eigenvalue weighted by Crippen LogP contribution is -2.45. The summed E-state index contributed by atoms with van der Waals surface area (Å²) < 4.78 is 5.37. The number of hydrogen-bond acceptors (Lipinski definition) is 3. The van der Waals surface area contributed by atoms with Crippen LogP contribution in [0.1, 0.15) is 37.2 Å². The highest BCUT2D eigenvalue weighted by Crippen LogP contribution is 2.42. The molecule has 2 fully saturated rings. The lowest BCUT2D eigenvalue weighted by Gasteiger charge is -2.36. The Labute approximate surface area is 131 Å². The predicted molar refractivity (Wildman–Crippen MR) is 84.5 cm³/mol. The molecule has 1 saturated carbocycles. The molecule has 1 aromatic rings. The number of carbonyl (C=O) groups excluding carboxylic acids is 1. The molecule has 0 bridgehead atoms. The number of nitrogens with one attached hydrogen (secondary N) is 1. The molecule has 1 aliphatic carbocycles. The van der Waals surface area contributed by atoms with Crippen LogP contribution in [0.4, 0.5) is 0 Å². The molecular formula is C18H25NO3. The average Bonchev–Trinajstić information content (AvgIpc) is 3.40. The maximum absolute atomic E-state index is 12.7. The standard InChI is InChI=1S/C18H25NO3/c20-13-18(8-10-22-11-9-18)12-19-17(21)16(15-6-7-15)14-4-2-1-3-5-14/h1-5,15-16,20H,6-13H2,(H,19,21). The lowest BCUT2D eigenvalue weighted by molar-refractivity contribution is -0.124. The maximum Gasteiger partial charge on any atom is 0.227 e. The fourth-order valence-electron chi connectivity index (χ4n) is 3.31. The Balaban J connectivity index is 1.64. The minimum atomic E-state index is -0.210. The predicted octanol–water partition coefficient (Wildman–Crippen LogP) is 2.09. The van der Waals surface area contributed by atoms with Crippen LogP contribution in [-0.2, 0) is 9.53 Å². The second-order valence-electron chi connectivity index (χ2n) is 6.71. The third-order valence-electron chi connectivity index (χ3n) is 5.06. The highest BCUT2D eigenvalue weighted by atomic mass is 16.5. The van der Waals surface area contributed by atoms with Gasteiger partial charge in [0.05, 0.1) is 12.5 Å². The Morgan fingerprint density at radius 3 is 2.55 bits per heavy atom. The van der Waals surface area contributed by atoms with Crippen LogP contribution in [0, 0.1) is 11.3 Å². The first-order chi connectivity index (χ1) is 10.7. The smallest absolute Gasteiger partial charge is 0.227 e. The van der Waals surface area contributed by atoms with Crippen molar-refractivity contribution in [3.8, 4) is 0 Å². The monoisotopic (exact) mass is 303 g/mol. The van der Waals surface area contributed by atoms with Gasteiger partial charge in [-0.15, -0.1) is 0 Å². The second-order valence-corrected chi connectivity index (χ2v) is 6.71. The van der Waals surface area contributed by atoms with E-state index in [1.165, 1.54) is 0 Å². The molecule has 1 heterocycles. The minimum Gasteiger partial charge on any atom is -0.396 e. The van der Waals surface area contributed by atoms with E-state index in [0.717, 1.165) is 31.2 Å². The molecule has 0 radical (unpaired) electrons. The first kappa shape index (κ1) is 15.5. The Kier molecular flexibility index (Phi) is 4.79. The van der Waals surface area contributed by atoms with Gasteiger partial charge in [-0.05, 0) is 37.2 Å². The number of aliphatic hydroxyl groups excluding tert-OH is 1. The zero-order valence-electron chi connectivity index (χ0n) is 13.0. The van der Waals surface area contributed by atoms with E-state index in [1.807, 2.05) is 30.3 Å². The summed E-state index contributed by atoms with van der Waals surface area (Å²) in [6, 6.07) is 10.0. The lowest BCUT2D eigenvalue weighted by atomic mass is 9.80. The number of aliphatic hydroxyl groups is 1. The fourth-order valence-corrected chi connectivity index (χ4v) is 3.31. The van der Waals surface area contributed by atoms with Crippen LogP contribution in [0.3, 0.4) is 0 Å². The van der Waals surface area contributed by atoms with E-state index in [9.17, 15) is 9.90 Å². The zero-order valence-corrected chi connectivity index (χ0v) is 13.0. The van der Waals surface area contributed by atoms with Crippen molar-refractivity contribution in [2.24, 2.45) is 11.3 Å². The molecule has 1 saturated heterocycles. The Bertz CT molecular complexity index is 492. The topological polar surface area (TPSA) is 58.6 Å². The van der Waals surface area contributed by atoms with Gasteiger partial charge in [0, 0.05) is 25.2 Å². The van der Waals surface area contributed by atoms with Gasteiger partial charge in [0.15, 0.2) is 0 Å². The van der Waals surface area contributed by atoms with Crippen LogP contribution in [0.2, 0.25) is 0 Å². The van der Waals surface area contributed by atoms with Crippen LogP contribution in [-0.4, -0.2) is 37.4 Å². The molecule has 4 heteroatoms. The number of carbonyl (C=O) groups is 1. The number of hydrogen-bond donors (Lipinski definition) is 2. The molecule has 1 aromatic carbocycles. The molecule has 1 unspecified atom stereocenters. The van der Waals surface area contributed by atoms with E-state index < -0.39 is 0 Å². The molecule has 120 valence electrons. The molecule has 3 rings (SSSR count). The van der Waals surface area contributed by atoms with Crippen molar-refractivity contribution in [3.05, 3.63) is 35.9 Å². The van der Waals surface area contributed by atoms with E-state index in [2.05, 4.69) is 5.32 Å².